The van der Waals surface area contributed by atoms with Crippen molar-refractivity contribution >= 4 is 11.6 Å². The molecule has 2 aliphatic carbocycles. The first-order valence-corrected chi connectivity index (χ1v) is 11.0. The number of ketones is 2. The Kier molecular flexibility index (Phi) is 4.06. The second-order valence-corrected chi connectivity index (χ2v) is 8.97. The van der Waals surface area contributed by atoms with Gasteiger partial charge in [-0.05, 0) is 48.2 Å². The SMILES string of the molecule is Cc1ccc2c(c1)C(=O)c1ccccc1[C@H]2[C@@H]1c2ccccc2C(=O)c2cc(C)ccc21. The summed E-state index contributed by atoms with van der Waals surface area (Å²) in [5.74, 6) is 0.0742. The van der Waals surface area contributed by atoms with Gasteiger partial charge >= 0.3 is 0 Å². The summed E-state index contributed by atoms with van der Waals surface area (Å²) in [4.78, 5) is 26.8. The molecule has 2 aliphatic rings. The van der Waals surface area contributed by atoms with Gasteiger partial charge in [0, 0.05) is 34.1 Å². The van der Waals surface area contributed by atoms with Crippen molar-refractivity contribution in [3.05, 3.63) is 141 Å². The Balaban J connectivity index is 1.70. The van der Waals surface area contributed by atoms with E-state index in [1.165, 1.54) is 0 Å². The standard InChI is InChI=1S/C30H22O2/c1-17-11-13-21-25(15-17)29(31)23-9-5-3-7-19(23)27(21)28-20-8-4-6-10-24(20)30(32)26-16-18(2)12-14-22(26)28/h3-16,27-28H,1-2H3/t27-,28-/m1/s1. The van der Waals surface area contributed by atoms with Crippen LogP contribution in [0.1, 0.15) is 77.1 Å². The van der Waals surface area contributed by atoms with Gasteiger partial charge in [0.25, 0.3) is 0 Å². The predicted molar refractivity (Wildman–Crippen MR) is 126 cm³/mol. The van der Waals surface area contributed by atoms with E-state index in [4.69, 9.17) is 0 Å². The van der Waals surface area contributed by atoms with Crippen LogP contribution in [0.4, 0.5) is 0 Å². The zero-order chi connectivity index (χ0) is 22.0. The third-order valence-electron chi connectivity index (χ3n) is 6.99. The van der Waals surface area contributed by atoms with Crippen molar-refractivity contribution in [2.24, 2.45) is 0 Å². The van der Waals surface area contributed by atoms with Gasteiger partial charge in [-0.25, -0.2) is 0 Å². The van der Waals surface area contributed by atoms with Crippen LogP contribution in [-0.4, -0.2) is 11.6 Å². The molecule has 0 saturated heterocycles. The molecule has 0 saturated carbocycles. The predicted octanol–water partition coefficient (Wildman–Crippen LogP) is 6.36. The summed E-state index contributed by atoms with van der Waals surface area (Å²) in [6, 6.07) is 28.3. The van der Waals surface area contributed by atoms with Crippen LogP contribution < -0.4 is 0 Å². The highest BCUT2D eigenvalue weighted by Gasteiger charge is 2.41. The first-order chi connectivity index (χ1) is 15.5. The third-order valence-corrected chi connectivity index (χ3v) is 6.99. The molecule has 0 N–H and O–H groups in total. The van der Waals surface area contributed by atoms with E-state index in [9.17, 15) is 9.59 Å². The lowest BCUT2D eigenvalue weighted by molar-refractivity contribution is 0.102. The number of fused-ring (bicyclic) bond motifs is 4. The highest BCUT2D eigenvalue weighted by Crippen LogP contribution is 2.51. The summed E-state index contributed by atoms with van der Waals surface area (Å²) >= 11 is 0. The molecule has 4 aromatic carbocycles. The van der Waals surface area contributed by atoms with Gasteiger partial charge in [-0.1, -0.05) is 83.9 Å². The van der Waals surface area contributed by atoms with E-state index in [0.29, 0.717) is 0 Å². The van der Waals surface area contributed by atoms with Crippen LogP contribution in [0.5, 0.6) is 0 Å². The van der Waals surface area contributed by atoms with Gasteiger partial charge in [0.15, 0.2) is 11.6 Å². The minimum atomic E-state index is -0.0461. The fourth-order valence-corrected chi connectivity index (χ4v) is 5.57. The highest BCUT2D eigenvalue weighted by atomic mass is 16.1. The molecule has 4 aromatic rings. The number of hydrogen-bond acceptors (Lipinski definition) is 2. The number of hydrogen-bond donors (Lipinski definition) is 0. The number of carbonyl (C=O) groups excluding carboxylic acids is 2. The third kappa shape index (κ3) is 2.59. The molecule has 2 heteroatoms. The van der Waals surface area contributed by atoms with Gasteiger partial charge < -0.3 is 0 Å². The van der Waals surface area contributed by atoms with Crippen LogP contribution in [0, 0.1) is 13.8 Å². The number of carbonyl (C=O) groups is 2. The Labute approximate surface area is 187 Å². The van der Waals surface area contributed by atoms with Crippen molar-refractivity contribution in [1.29, 1.82) is 0 Å². The lowest BCUT2D eigenvalue weighted by Gasteiger charge is -2.38. The lowest BCUT2D eigenvalue weighted by atomic mass is 9.64. The van der Waals surface area contributed by atoms with E-state index >= 15 is 0 Å². The van der Waals surface area contributed by atoms with Gasteiger partial charge in [0.1, 0.15) is 0 Å². The normalized spacial score (nSPS) is 18.4. The minimum absolute atomic E-state index is 0.0461. The molecule has 0 aliphatic heterocycles. The maximum absolute atomic E-state index is 13.4. The first-order valence-electron chi connectivity index (χ1n) is 11.0. The van der Waals surface area contributed by atoms with Crippen molar-refractivity contribution in [3.8, 4) is 0 Å². The fourth-order valence-electron chi connectivity index (χ4n) is 5.57. The molecular weight excluding hydrogens is 392 g/mol. The lowest BCUT2D eigenvalue weighted by Crippen LogP contribution is -2.29. The van der Waals surface area contributed by atoms with Crippen LogP contribution in [-0.2, 0) is 0 Å². The summed E-state index contributed by atoms with van der Waals surface area (Å²) in [7, 11) is 0. The van der Waals surface area contributed by atoms with E-state index in [2.05, 4.69) is 36.4 Å². The molecule has 0 unspecified atom stereocenters. The average molecular weight is 415 g/mol. The Morgan fingerprint density at radius 3 is 1.28 bits per heavy atom. The largest absolute Gasteiger partial charge is 0.289 e. The molecule has 0 spiro atoms. The topological polar surface area (TPSA) is 34.1 Å². The Hall–Kier alpha value is -3.78. The summed E-state index contributed by atoms with van der Waals surface area (Å²) in [6.45, 7) is 4.05. The van der Waals surface area contributed by atoms with Gasteiger partial charge in [-0.3, -0.25) is 9.59 Å². The quantitative estimate of drug-likeness (QED) is 0.363. The summed E-state index contributed by atoms with van der Waals surface area (Å²) < 4.78 is 0. The molecule has 6 rings (SSSR count). The van der Waals surface area contributed by atoms with Crippen LogP contribution in [0.3, 0.4) is 0 Å². The summed E-state index contributed by atoms with van der Waals surface area (Å²) in [5, 5.41) is 0. The van der Waals surface area contributed by atoms with Crippen LogP contribution in [0.25, 0.3) is 0 Å². The minimum Gasteiger partial charge on any atom is -0.289 e. The number of benzene rings is 4. The highest BCUT2D eigenvalue weighted by molar-refractivity contribution is 6.14. The van der Waals surface area contributed by atoms with Crippen LogP contribution in [0.15, 0.2) is 84.9 Å². The van der Waals surface area contributed by atoms with Crippen LogP contribution >= 0.6 is 0 Å². The molecule has 2 atom stereocenters. The fraction of sp³-hybridized carbons (Fsp3) is 0.133. The molecule has 0 amide bonds. The van der Waals surface area contributed by atoms with E-state index in [-0.39, 0.29) is 23.4 Å². The first kappa shape index (κ1) is 18.9. The molecule has 0 fully saturated rings. The second-order valence-electron chi connectivity index (χ2n) is 8.97. The number of aryl methyl sites for hydroxylation is 2. The molecule has 32 heavy (non-hydrogen) atoms. The van der Waals surface area contributed by atoms with E-state index < -0.39 is 0 Å². The summed E-state index contributed by atoms with van der Waals surface area (Å²) in [5.41, 5.74) is 9.38. The molecule has 2 nitrogen and oxygen atoms in total. The van der Waals surface area contributed by atoms with Crippen LogP contribution in [0.2, 0.25) is 0 Å². The van der Waals surface area contributed by atoms with Crippen molar-refractivity contribution in [1.82, 2.24) is 0 Å². The van der Waals surface area contributed by atoms with E-state index in [1.54, 1.807) is 0 Å². The van der Waals surface area contributed by atoms with Gasteiger partial charge in [0.05, 0.1) is 0 Å². The monoisotopic (exact) mass is 414 g/mol. The Morgan fingerprint density at radius 2 is 0.844 bits per heavy atom. The van der Waals surface area contributed by atoms with E-state index in [1.807, 2.05) is 62.4 Å². The van der Waals surface area contributed by atoms with Gasteiger partial charge in [-0.15, -0.1) is 0 Å². The van der Waals surface area contributed by atoms with Crippen molar-refractivity contribution < 1.29 is 9.59 Å². The van der Waals surface area contributed by atoms with Crippen molar-refractivity contribution in [2.75, 3.05) is 0 Å². The molecule has 0 heterocycles. The van der Waals surface area contributed by atoms with Gasteiger partial charge in [0.2, 0.25) is 0 Å². The average Bonchev–Trinajstić information content (AvgIpc) is 2.81. The zero-order valence-electron chi connectivity index (χ0n) is 18.1. The zero-order valence-corrected chi connectivity index (χ0v) is 18.1. The number of rotatable bonds is 1. The molecule has 0 radical (unpaired) electrons. The van der Waals surface area contributed by atoms with Gasteiger partial charge in [-0.2, -0.15) is 0 Å². The maximum atomic E-state index is 13.4. The molecule has 0 bridgehead atoms. The molecular formula is C30H22O2. The summed E-state index contributed by atoms with van der Waals surface area (Å²) in [6.07, 6.45) is 0. The van der Waals surface area contributed by atoms with Crippen molar-refractivity contribution in [2.45, 2.75) is 25.7 Å². The molecule has 0 aromatic heterocycles. The molecule has 154 valence electrons. The van der Waals surface area contributed by atoms with E-state index in [0.717, 1.165) is 55.6 Å². The Bertz CT molecular complexity index is 1330. The van der Waals surface area contributed by atoms with Crippen molar-refractivity contribution in [3.63, 3.8) is 0 Å². The second kappa shape index (κ2) is 6.86. The Morgan fingerprint density at radius 1 is 0.469 bits per heavy atom. The smallest absolute Gasteiger partial charge is 0.193 e. The maximum Gasteiger partial charge on any atom is 0.193 e.